The van der Waals surface area contributed by atoms with Gasteiger partial charge in [-0.2, -0.15) is 68.8 Å². The number of aryl methyl sites for hydroxylation is 4. The summed E-state index contributed by atoms with van der Waals surface area (Å²) in [5.74, 6) is 0.637. The molecule has 7 heteroatoms. The minimum absolute atomic E-state index is 0. The van der Waals surface area contributed by atoms with Gasteiger partial charge in [0.2, 0.25) is 0 Å². The van der Waals surface area contributed by atoms with E-state index in [1.165, 1.54) is 111 Å². The first kappa shape index (κ1) is 74.4. The van der Waals surface area contributed by atoms with E-state index < -0.39 is 17.6 Å². The Balaban J connectivity index is 0.000000208. The minimum Gasteiger partial charge on any atom is -0.168 e. The number of halogens is 4. The molecule has 0 amide bonds. The van der Waals surface area contributed by atoms with E-state index in [2.05, 4.69) is 318 Å². The van der Waals surface area contributed by atoms with Crippen LogP contribution in [0.15, 0.2) is 170 Å². The molecule has 0 aromatic heterocycles. The largest absolute Gasteiger partial charge is 4.00 e. The predicted molar refractivity (Wildman–Crippen MR) is 428 cm³/mol. The number of fused-ring (bicyclic) bond motifs is 4. The van der Waals surface area contributed by atoms with Gasteiger partial charge in [-0.05, 0) is 140 Å². The molecule has 0 saturated carbocycles. The second-order valence-corrected chi connectivity index (χ2v) is 37.3. The fourth-order valence-corrected chi connectivity index (χ4v) is 23.6. The van der Waals surface area contributed by atoms with Crippen LogP contribution in [0.4, 0.5) is 0 Å². The van der Waals surface area contributed by atoms with Crippen molar-refractivity contribution in [2.75, 3.05) is 0 Å². The maximum absolute atomic E-state index is 6.94. The third kappa shape index (κ3) is 14.9. The van der Waals surface area contributed by atoms with Crippen molar-refractivity contribution >= 4 is 109 Å². The second-order valence-electron chi connectivity index (χ2n) is 31.2. The third-order valence-electron chi connectivity index (χ3n) is 20.6. The van der Waals surface area contributed by atoms with E-state index >= 15 is 0 Å². The van der Waals surface area contributed by atoms with E-state index in [4.69, 9.17) is 46.4 Å². The Bertz CT molecular complexity index is 3920. The van der Waals surface area contributed by atoms with Crippen molar-refractivity contribution in [3.63, 3.8) is 0 Å². The molecule has 4 atom stereocenters. The molecule has 8 aromatic rings. The number of hydrogen-bond acceptors (Lipinski definition) is 0. The Morgan fingerprint density at radius 2 is 0.505 bits per heavy atom. The molecular formula is C90H98Cl4HfSi2. The summed E-state index contributed by atoms with van der Waals surface area (Å²) in [6, 6.07) is 36.9. The summed E-state index contributed by atoms with van der Waals surface area (Å²) in [5.41, 5.74) is 26.9. The number of benzene rings is 4. The topological polar surface area (TPSA) is 0 Å². The summed E-state index contributed by atoms with van der Waals surface area (Å²) >= 11 is 27.7. The summed E-state index contributed by atoms with van der Waals surface area (Å²) in [4.78, 5) is 0. The van der Waals surface area contributed by atoms with Gasteiger partial charge in [0.05, 0.1) is 0 Å². The van der Waals surface area contributed by atoms with Gasteiger partial charge in [-0.1, -0.05) is 267 Å². The van der Waals surface area contributed by atoms with E-state index in [0.29, 0.717) is 0 Å². The molecule has 0 fully saturated rings. The molecule has 0 heterocycles. The maximum atomic E-state index is 6.94. The van der Waals surface area contributed by atoms with Gasteiger partial charge >= 0.3 is 25.8 Å². The molecule has 0 spiro atoms. The van der Waals surface area contributed by atoms with Crippen LogP contribution in [-0.2, 0) is 73.2 Å². The van der Waals surface area contributed by atoms with Crippen LogP contribution in [0.3, 0.4) is 0 Å². The van der Waals surface area contributed by atoms with Crippen LogP contribution in [0.1, 0.15) is 246 Å². The first-order valence-electron chi connectivity index (χ1n) is 35.1. The molecule has 8 aromatic carbocycles. The summed E-state index contributed by atoms with van der Waals surface area (Å²) in [5, 5.41) is 9.64. The van der Waals surface area contributed by atoms with E-state index in [-0.39, 0.29) is 71.2 Å². The van der Waals surface area contributed by atoms with Gasteiger partial charge in [0.25, 0.3) is 0 Å². The van der Waals surface area contributed by atoms with Crippen LogP contribution in [0.2, 0.25) is 33.2 Å². The van der Waals surface area contributed by atoms with Crippen molar-refractivity contribution in [3.8, 4) is 0 Å². The van der Waals surface area contributed by atoms with Gasteiger partial charge in [-0.15, -0.1) is 91.6 Å². The molecule has 498 valence electrons. The molecule has 0 bridgehead atoms. The Labute approximate surface area is 625 Å². The summed E-state index contributed by atoms with van der Waals surface area (Å²) in [7, 11) is -2.28. The third-order valence-corrected chi connectivity index (χ3v) is 27.3. The average molecular weight is 1560 g/mol. The van der Waals surface area contributed by atoms with Crippen molar-refractivity contribution < 1.29 is 25.8 Å². The molecule has 2 radical (unpaired) electrons. The molecule has 4 unspecified atom stereocenters. The number of allylic oxidation sites excluding steroid dienone is 12. The second kappa shape index (κ2) is 29.7. The molecule has 97 heavy (non-hydrogen) atoms. The van der Waals surface area contributed by atoms with E-state index in [0.717, 1.165) is 45.8 Å². The van der Waals surface area contributed by atoms with Gasteiger partial charge in [0, 0.05) is 37.7 Å². The van der Waals surface area contributed by atoms with Crippen molar-refractivity contribution in [2.24, 2.45) is 0 Å². The summed E-state index contributed by atoms with van der Waals surface area (Å²) in [6.07, 6.45) is 40.7. The summed E-state index contributed by atoms with van der Waals surface area (Å²) < 4.78 is 0. The van der Waals surface area contributed by atoms with Crippen LogP contribution >= 0.6 is 46.4 Å². The molecule has 12 rings (SSSR count). The normalized spacial score (nSPS) is 17.3. The Morgan fingerprint density at radius 3 is 0.670 bits per heavy atom. The van der Waals surface area contributed by atoms with E-state index in [1.807, 2.05) is 0 Å². The van der Waals surface area contributed by atoms with E-state index in [9.17, 15) is 0 Å². The van der Waals surface area contributed by atoms with Crippen molar-refractivity contribution in [1.29, 1.82) is 0 Å². The van der Waals surface area contributed by atoms with E-state index in [1.54, 1.807) is 20.7 Å². The number of rotatable bonds is 12. The van der Waals surface area contributed by atoms with Gasteiger partial charge in [-0.3, -0.25) is 0 Å². The fraction of sp³-hybridized carbons (Fsp3) is 0.333. The molecular weight excluding hydrogens is 1460 g/mol. The first-order valence-corrected chi connectivity index (χ1v) is 40.6. The standard InChI is InChI=1S/2C45H49Cl2Si.Hf/c2*1-10-28-24-36-32(30-20-22-38(40(46)26-30)44(3,4)5)16-12-14-18-34(36)42(28)48(9)43-29(11-2)25-37-33(17-13-15-19-35(37)43)31-21-23-39(41(47)27-31)45(6,7)8;/h2*12-27,32-33H,10-11H2,1-9H3;/q2*-2;+4. The maximum Gasteiger partial charge on any atom is 4.00 e. The molecule has 4 aliphatic carbocycles. The van der Waals surface area contributed by atoms with Gasteiger partial charge in [0.1, 0.15) is 0 Å². The SMILES string of the molecule is CCc1cc2c([c-]1[Si](C)[c-]1c(CC)cc3c1C=CC=CC3c1ccc(C(C)(C)C)c(Cl)c1)C=CC=CC2c1ccc(C(C)(C)C)c(Cl)c1.CCc1cc2c([c-]1[Si](C)[c-]1c(CC)cc3c1C=CC=CC3c1ccc(C(C)(C)C)c(Cl)c1)C=CC=CC2c1ccc(C(C)(C)C)c(Cl)c1.[Hf+4]. The van der Waals surface area contributed by atoms with Crippen molar-refractivity contribution in [1.82, 2.24) is 0 Å². The molecule has 0 aliphatic heterocycles. The Hall–Kier alpha value is -5.34. The fourth-order valence-electron chi connectivity index (χ4n) is 15.7. The number of hydrogen-bond donors (Lipinski definition) is 0. The Morgan fingerprint density at radius 1 is 0.309 bits per heavy atom. The van der Waals surface area contributed by atoms with Gasteiger partial charge in [0.15, 0.2) is 0 Å². The zero-order chi connectivity index (χ0) is 69.1. The average Bonchev–Trinajstić information content (AvgIpc) is 1.61. The molecule has 0 nitrogen and oxygen atoms in total. The smallest absolute Gasteiger partial charge is 0.168 e. The molecule has 0 N–H and O–H groups in total. The zero-order valence-electron chi connectivity index (χ0n) is 60.6. The van der Waals surface area contributed by atoms with Crippen LogP contribution in [-0.4, -0.2) is 17.6 Å². The van der Waals surface area contributed by atoms with Gasteiger partial charge < -0.3 is 0 Å². The van der Waals surface area contributed by atoms with Crippen LogP contribution < -0.4 is 20.7 Å². The van der Waals surface area contributed by atoms with Crippen LogP contribution in [0.25, 0.3) is 24.3 Å². The Kier molecular flexibility index (Phi) is 22.8. The van der Waals surface area contributed by atoms with Crippen molar-refractivity contribution in [3.05, 3.63) is 301 Å². The van der Waals surface area contributed by atoms with Crippen LogP contribution in [0.5, 0.6) is 0 Å². The quantitative estimate of drug-likeness (QED) is 0.0845. The summed E-state index contributed by atoms with van der Waals surface area (Å²) in [6.45, 7) is 41.0. The van der Waals surface area contributed by atoms with Crippen molar-refractivity contribution in [2.45, 2.75) is 195 Å². The first-order chi connectivity index (χ1) is 45.5. The minimum atomic E-state index is -1.14. The van der Waals surface area contributed by atoms with Gasteiger partial charge in [-0.25, -0.2) is 0 Å². The molecule has 4 aliphatic rings. The molecule has 0 saturated heterocycles. The monoisotopic (exact) mass is 1550 g/mol. The predicted octanol–water partition coefficient (Wildman–Crippen LogP) is 23.6. The van der Waals surface area contributed by atoms with Crippen LogP contribution in [0, 0.1) is 0 Å². The zero-order valence-corrected chi connectivity index (χ0v) is 69.2.